The molecular formula is C26H27ClN4OS. The lowest BCUT2D eigenvalue weighted by Crippen LogP contribution is -2.35. The fourth-order valence-electron chi connectivity index (χ4n) is 4.43. The highest BCUT2D eigenvalue weighted by atomic mass is 35.5. The molecule has 2 aromatic heterocycles. The quantitative estimate of drug-likeness (QED) is 0.335. The predicted molar refractivity (Wildman–Crippen MR) is 137 cm³/mol. The first-order chi connectivity index (χ1) is 16.2. The second-order valence-corrected chi connectivity index (χ2v) is 9.80. The Morgan fingerprint density at radius 3 is 2.55 bits per heavy atom. The number of thiophene rings is 1. The van der Waals surface area contributed by atoms with E-state index in [0.29, 0.717) is 5.92 Å². The van der Waals surface area contributed by atoms with E-state index in [1.54, 1.807) is 24.8 Å². The number of benzene rings is 2. The van der Waals surface area contributed by atoms with Crippen LogP contribution in [0.3, 0.4) is 0 Å². The van der Waals surface area contributed by atoms with Gasteiger partial charge in [-0.3, -0.25) is 4.90 Å². The van der Waals surface area contributed by atoms with Crippen LogP contribution in [0.1, 0.15) is 18.4 Å². The fourth-order valence-corrected chi connectivity index (χ4v) is 5.47. The number of aromatic nitrogens is 2. The number of nitrogens with zero attached hydrogens (tertiary/aromatic N) is 3. The molecule has 5 rings (SSSR count). The topological polar surface area (TPSA) is 50.3 Å². The summed E-state index contributed by atoms with van der Waals surface area (Å²) in [6.07, 6.45) is 4.03. The summed E-state index contributed by atoms with van der Waals surface area (Å²) in [5, 5.41) is 7.71. The number of hydrogen-bond acceptors (Lipinski definition) is 6. The Hall–Kier alpha value is -2.67. The second-order valence-electron chi connectivity index (χ2n) is 8.51. The number of piperidine rings is 1. The lowest BCUT2D eigenvalue weighted by Gasteiger charge is -2.32. The molecule has 0 saturated carbocycles. The van der Waals surface area contributed by atoms with Gasteiger partial charge in [-0.2, -0.15) is 0 Å². The number of likely N-dealkylation sites (tertiary alicyclic amines) is 1. The molecule has 0 atom stereocenters. The van der Waals surface area contributed by atoms with Gasteiger partial charge in [0.15, 0.2) is 0 Å². The molecule has 4 aromatic rings. The maximum Gasteiger partial charge on any atom is 0.138 e. The molecule has 33 heavy (non-hydrogen) atoms. The van der Waals surface area contributed by atoms with Crippen LogP contribution in [0.15, 0.2) is 60.2 Å². The van der Waals surface area contributed by atoms with Gasteiger partial charge in [0.2, 0.25) is 0 Å². The summed E-state index contributed by atoms with van der Waals surface area (Å²) in [6.45, 7) is 4.15. The molecule has 1 N–H and O–H groups in total. The minimum absolute atomic E-state index is 0.638. The number of methoxy groups -OCH3 is 1. The van der Waals surface area contributed by atoms with Gasteiger partial charge in [0.05, 0.1) is 12.5 Å². The van der Waals surface area contributed by atoms with Gasteiger partial charge in [-0.15, -0.1) is 11.3 Å². The number of nitrogens with one attached hydrogen (secondary N) is 1. The second kappa shape index (κ2) is 10.1. The predicted octanol–water partition coefficient (Wildman–Crippen LogP) is 6.34. The molecule has 7 heteroatoms. The van der Waals surface area contributed by atoms with Gasteiger partial charge in [0.25, 0.3) is 0 Å². The van der Waals surface area contributed by atoms with E-state index >= 15 is 0 Å². The first-order valence-electron chi connectivity index (χ1n) is 11.3. The normalized spacial score (nSPS) is 15.1. The summed E-state index contributed by atoms with van der Waals surface area (Å²) in [5.74, 6) is 2.42. The summed E-state index contributed by atoms with van der Waals surface area (Å²) >= 11 is 7.67. The monoisotopic (exact) mass is 478 g/mol. The molecule has 5 nitrogen and oxygen atoms in total. The van der Waals surface area contributed by atoms with E-state index in [0.717, 1.165) is 58.5 Å². The summed E-state index contributed by atoms with van der Waals surface area (Å²) in [5.41, 5.74) is 3.64. The molecule has 0 aliphatic carbocycles. The molecule has 0 radical (unpaired) electrons. The lowest BCUT2D eigenvalue weighted by molar-refractivity contribution is 0.182. The van der Waals surface area contributed by atoms with Gasteiger partial charge in [-0.05, 0) is 67.2 Å². The van der Waals surface area contributed by atoms with E-state index in [1.165, 1.54) is 24.0 Å². The Morgan fingerprint density at radius 1 is 1.06 bits per heavy atom. The Balaban J connectivity index is 1.23. The molecular weight excluding hydrogens is 452 g/mol. The number of anilines is 1. The van der Waals surface area contributed by atoms with Gasteiger partial charge in [-0.1, -0.05) is 35.9 Å². The molecule has 1 aliphatic heterocycles. The zero-order chi connectivity index (χ0) is 22.6. The Morgan fingerprint density at radius 2 is 1.82 bits per heavy atom. The van der Waals surface area contributed by atoms with Gasteiger partial charge in [0, 0.05) is 29.1 Å². The summed E-state index contributed by atoms with van der Waals surface area (Å²) in [4.78, 5) is 12.6. The van der Waals surface area contributed by atoms with Gasteiger partial charge < -0.3 is 10.1 Å². The maximum absolute atomic E-state index is 6.01. The van der Waals surface area contributed by atoms with E-state index in [4.69, 9.17) is 16.3 Å². The number of fused-ring (bicyclic) bond motifs is 1. The molecule has 3 heterocycles. The van der Waals surface area contributed by atoms with Crippen LogP contribution in [0.4, 0.5) is 5.82 Å². The average Bonchev–Trinajstić information content (AvgIpc) is 3.30. The summed E-state index contributed by atoms with van der Waals surface area (Å²) in [6, 6.07) is 16.4. The van der Waals surface area contributed by atoms with Crippen LogP contribution >= 0.6 is 22.9 Å². The summed E-state index contributed by atoms with van der Waals surface area (Å²) in [7, 11) is 1.69. The largest absolute Gasteiger partial charge is 0.497 e. The molecule has 1 fully saturated rings. The summed E-state index contributed by atoms with van der Waals surface area (Å²) < 4.78 is 5.31. The van der Waals surface area contributed by atoms with Gasteiger partial charge in [0.1, 0.15) is 22.7 Å². The lowest BCUT2D eigenvalue weighted by atomic mass is 9.96. The molecule has 2 aromatic carbocycles. The molecule has 1 aliphatic rings. The van der Waals surface area contributed by atoms with Crippen LogP contribution in [0, 0.1) is 5.92 Å². The van der Waals surface area contributed by atoms with Crippen LogP contribution in [0.5, 0.6) is 5.75 Å². The fraction of sp³-hybridized carbons (Fsp3) is 0.308. The van der Waals surface area contributed by atoms with Crippen LogP contribution in [0.2, 0.25) is 5.02 Å². The highest BCUT2D eigenvalue weighted by molar-refractivity contribution is 7.17. The molecule has 0 spiro atoms. The average molecular weight is 479 g/mol. The molecule has 170 valence electrons. The van der Waals surface area contributed by atoms with Crippen molar-refractivity contribution in [1.82, 2.24) is 14.9 Å². The van der Waals surface area contributed by atoms with Crippen LogP contribution in [-0.2, 0) is 6.54 Å². The Kier molecular flexibility index (Phi) is 6.76. The Labute approximate surface area is 203 Å². The highest BCUT2D eigenvalue weighted by Gasteiger charge is 2.20. The molecule has 1 saturated heterocycles. The first-order valence-corrected chi connectivity index (χ1v) is 12.5. The number of rotatable bonds is 7. The van der Waals surface area contributed by atoms with Crippen molar-refractivity contribution in [3.8, 4) is 16.9 Å². The van der Waals surface area contributed by atoms with Crippen molar-refractivity contribution in [2.75, 3.05) is 32.1 Å². The van der Waals surface area contributed by atoms with Crippen LogP contribution in [-0.4, -0.2) is 41.6 Å². The SMILES string of the molecule is COc1ccc(-c2csc3ncnc(NCC4CCN(Cc5ccc(Cl)cc5)CC4)c23)cc1. The smallest absolute Gasteiger partial charge is 0.138 e. The zero-order valence-electron chi connectivity index (χ0n) is 18.6. The third-order valence-electron chi connectivity index (χ3n) is 6.36. The third kappa shape index (κ3) is 5.13. The minimum Gasteiger partial charge on any atom is -0.497 e. The van der Waals surface area contributed by atoms with E-state index in [-0.39, 0.29) is 0 Å². The van der Waals surface area contributed by atoms with Crippen molar-refractivity contribution >= 4 is 39.0 Å². The number of halogens is 1. The van der Waals surface area contributed by atoms with Crippen molar-refractivity contribution in [1.29, 1.82) is 0 Å². The molecule has 0 bridgehead atoms. The van der Waals surface area contributed by atoms with E-state index in [2.05, 4.69) is 49.8 Å². The highest BCUT2D eigenvalue weighted by Crippen LogP contribution is 2.37. The van der Waals surface area contributed by atoms with Crippen molar-refractivity contribution in [2.45, 2.75) is 19.4 Å². The van der Waals surface area contributed by atoms with Crippen molar-refractivity contribution in [3.05, 3.63) is 70.8 Å². The number of ether oxygens (including phenoxy) is 1. The molecule has 0 amide bonds. The zero-order valence-corrected chi connectivity index (χ0v) is 20.2. The van der Waals surface area contributed by atoms with E-state index < -0.39 is 0 Å². The van der Waals surface area contributed by atoms with E-state index in [9.17, 15) is 0 Å². The Bertz CT molecular complexity index is 1200. The van der Waals surface area contributed by atoms with Crippen LogP contribution in [0.25, 0.3) is 21.3 Å². The van der Waals surface area contributed by atoms with Gasteiger partial charge in [-0.25, -0.2) is 9.97 Å². The maximum atomic E-state index is 6.01. The molecule has 0 unspecified atom stereocenters. The van der Waals surface area contributed by atoms with E-state index in [1.807, 2.05) is 24.3 Å². The van der Waals surface area contributed by atoms with Crippen molar-refractivity contribution < 1.29 is 4.74 Å². The number of hydrogen-bond donors (Lipinski definition) is 1. The third-order valence-corrected chi connectivity index (χ3v) is 7.49. The standard InChI is InChI=1S/C26H27ClN4OS/c1-32-22-8-4-20(5-9-22)23-16-33-26-24(23)25(29-17-30-26)28-14-18-10-12-31(13-11-18)15-19-2-6-21(27)7-3-19/h2-9,16-18H,10-15H2,1H3,(H,28,29,30). The first kappa shape index (κ1) is 22.1. The van der Waals surface area contributed by atoms with Crippen molar-refractivity contribution in [2.24, 2.45) is 5.92 Å². The minimum atomic E-state index is 0.638. The van der Waals surface area contributed by atoms with Crippen LogP contribution < -0.4 is 10.1 Å². The van der Waals surface area contributed by atoms with Crippen molar-refractivity contribution in [3.63, 3.8) is 0 Å². The van der Waals surface area contributed by atoms with Gasteiger partial charge >= 0.3 is 0 Å².